The minimum atomic E-state index is -0.302. The number of nitrogens with one attached hydrogen (secondary N) is 1. The van der Waals surface area contributed by atoms with Gasteiger partial charge in [0.1, 0.15) is 5.82 Å². The van der Waals surface area contributed by atoms with E-state index in [4.69, 9.17) is 9.72 Å². The minimum absolute atomic E-state index is 0.0119. The first-order valence-corrected chi connectivity index (χ1v) is 11.0. The molecule has 7 heteroatoms. The zero-order chi connectivity index (χ0) is 22.2. The second-order valence-electron chi connectivity index (χ2n) is 9.70. The van der Waals surface area contributed by atoms with E-state index in [0.29, 0.717) is 0 Å². The lowest BCUT2D eigenvalue weighted by Crippen LogP contribution is -2.46. The van der Waals surface area contributed by atoms with Crippen LogP contribution in [-0.2, 0) is 22.4 Å². The maximum absolute atomic E-state index is 13.1. The quantitative estimate of drug-likeness (QED) is 0.809. The summed E-state index contributed by atoms with van der Waals surface area (Å²) in [7, 11) is 0. The molecule has 1 N–H and O–H groups in total. The Bertz CT molecular complexity index is 937. The van der Waals surface area contributed by atoms with Crippen LogP contribution in [0.4, 0.5) is 10.3 Å². The van der Waals surface area contributed by atoms with E-state index in [1.807, 2.05) is 6.20 Å². The second-order valence-corrected chi connectivity index (χ2v) is 9.70. The van der Waals surface area contributed by atoms with Gasteiger partial charge in [0.15, 0.2) is 0 Å². The van der Waals surface area contributed by atoms with Crippen molar-refractivity contribution in [3.8, 4) is 0 Å². The fraction of sp³-hybridized carbons (Fsp3) is 0.542. The largest absolute Gasteiger partial charge is 0.372 e. The number of nitrogens with zero attached hydrogens (tertiary/aromatic N) is 3. The highest BCUT2D eigenvalue weighted by Crippen LogP contribution is 2.40. The van der Waals surface area contributed by atoms with Gasteiger partial charge in [0, 0.05) is 24.8 Å². The number of morpholine rings is 1. The lowest BCUT2D eigenvalue weighted by atomic mass is 9.74. The smallest absolute Gasteiger partial charge is 0.225 e. The van der Waals surface area contributed by atoms with E-state index < -0.39 is 0 Å². The molecule has 0 spiro atoms. The molecule has 2 aromatic rings. The highest BCUT2D eigenvalue weighted by molar-refractivity contribution is 5.79. The van der Waals surface area contributed by atoms with Crippen LogP contribution in [-0.4, -0.2) is 41.2 Å². The number of ether oxygens (including phenoxy) is 1. The number of fused-ring (bicyclic) bond motifs is 1. The van der Waals surface area contributed by atoms with Gasteiger partial charge < -0.3 is 15.0 Å². The molecule has 0 radical (unpaired) electrons. The lowest BCUT2D eigenvalue weighted by molar-refractivity contribution is -0.121. The van der Waals surface area contributed by atoms with Gasteiger partial charge in [-0.15, -0.1) is 0 Å². The van der Waals surface area contributed by atoms with Crippen LogP contribution < -0.4 is 10.2 Å². The molecule has 1 aromatic carbocycles. The van der Waals surface area contributed by atoms with Gasteiger partial charge in [-0.3, -0.25) is 4.79 Å². The Morgan fingerprint density at radius 3 is 2.58 bits per heavy atom. The van der Waals surface area contributed by atoms with Gasteiger partial charge in [-0.1, -0.05) is 26.0 Å². The van der Waals surface area contributed by atoms with Crippen LogP contribution in [0, 0.1) is 11.2 Å². The highest BCUT2D eigenvalue weighted by Gasteiger charge is 2.35. The highest BCUT2D eigenvalue weighted by atomic mass is 19.1. The maximum Gasteiger partial charge on any atom is 0.225 e. The Hall–Kier alpha value is -2.54. The summed E-state index contributed by atoms with van der Waals surface area (Å²) >= 11 is 0. The molecule has 2 heterocycles. The maximum atomic E-state index is 13.1. The summed E-state index contributed by atoms with van der Waals surface area (Å²) in [5.74, 6) is 0.346. The van der Waals surface area contributed by atoms with Gasteiger partial charge in [0.2, 0.25) is 11.9 Å². The summed E-state index contributed by atoms with van der Waals surface area (Å²) in [5.41, 5.74) is 2.79. The molecular formula is C24H31FN4O2. The van der Waals surface area contributed by atoms with Crippen LogP contribution in [0.3, 0.4) is 0 Å². The number of carbonyl (C=O) groups excluding carboxylic acids is 1. The lowest BCUT2D eigenvalue weighted by Gasteiger charge is -2.38. The Kier molecular flexibility index (Phi) is 5.97. The Morgan fingerprint density at radius 2 is 1.90 bits per heavy atom. The van der Waals surface area contributed by atoms with Crippen molar-refractivity contribution in [2.75, 3.05) is 18.0 Å². The van der Waals surface area contributed by atoms with Crippen LogP contribution in [0.15, 0.2) is 30.5 Å². The van der Waals surface area contributed by atoms with Crippen LogP contribution in [0.25, 0.3) is 0 Å². The monoisotopic (exact) mass is 426 g/mol. The molecule has 1 saturated heterocycles. The molecule has 0 bridgehead atoms. The van der Waals surface area contributed by atoms with Crippen molar-refractivity contribution in [1.29, 1.82) is 0 Å². The van der Waals surface area contributed by atoms with Crippen molar-refractivity contribution in [1.82, 2.24) is 15.3 Å². The van der Waals surface area contributed by atoms with E-state index >= 15 is 0 Å². The molecule has 0 saturated carbocycles. The summed E-state index contributed by atoms with van der Waals surface area (Å²) in [4.78, 5) is 24.5. The molecule has 6 nitrogen and oxygen atoms in total. The standard InChI is InChI=1S/C24H31FN4O2/c1-15-13-29(14-16(2)31-15)23-26-12-19-20(10-24(3,4)11-21(19)28-23)27-22(30)9-17-5-7-18(25)8-6-17/h5-8,12,15-16,20H,9-11,13-14H2,1-4H3,(H,27,30)/t15-,16+,20-/m0/s1. The molecule has 31 heavy (non-hydrogen) atoms. The predicted octanol–water partition coefficient (Wildman–Crippen LogP) is 3.60. The number of hydrogen-bond acceptors (Lipinski definition) is 5. The topological polar surface area (TPSA) is 67.4 Å². The van der Waals surface area contributed by atoms with Gasteiger partial charge in [-0.05, 0) is 49.8 Å². The van der Waals surface area contributed by atoms with E-state index in [9.17, 15) is 9.18 Å². The van der Waals surface area contributed by atoms with E-state index in [0.717, 1.165) is 48.7 Å². The molecule has 1 aromatic heterocycles. The normalized spacial score (nSPS) is 25.1. The number of benzene rings is 1. The molecule has 166 valence electrons. The number of aromatic nitrogens is 2. The van der Waals surface area contributed by atoms with Crippen LogP contribution in [0.1, 0.15) is 57.0 Å². The third kappa shape index (κ3) is 5.21. The van der Waals surface area contributed by atoms with Gasteiger partial charge in [0.05, 0.1) is 30.4 Å². The second kappa shape index (κ2) is 8.54. The van der Waals surface area contributed by atoms with Crippen molar-refractivity contribution in [2.45, 2.75) is 65.2 Å². The molecule has 3 atom stereocenters. The zero-order valence-electron chi connectivity index (χ0n) is 18.7. The summed E-state index contributed by atoms with van der Waals surface area (Å²) in [6.07, 6.45) is 4.04. The Labute approximate surface area is 183 Å². The molecule has 2 aliphatic rings. The third-order valence-corrected chi connectivity index (χ3v) is 5.98. The van der Waals surface area contributed by atoms with Gasteiger partial charge >= 0.3 is 0 Å². The van der Waals surface area contributed by atoms with E-state index in [-0.39, 0.29) is 41.8 Å². The van der Waals surface area contributed by atoms with Gasteiger partial charge in [-0.2, -0.15) is 0 Å². The fourth-order valence-corrected chi connectivity index (χ4v) is 4.69. The Balaban J connectivity index is 1.53. The number of rotatable bonds is 4. The van der Waals surface area contributed by atoms with Crippen molar-refractivity contribution in [3.63, 3.8) is 0 Å². The van der Waals surface area contributed by atoms with Crippen molar-refractivity contribution in [2.24, 2.45) is 5.41 Å². The number of carbonyl (C=O) groups is 1. The van der Waals surface area contributed by atoms with Crippen LogP contribution in [0.5, 0.6) is 0 Å². The summed E-state index contributed by atoms with van der Waals surface area (Å²) in [5, 5.41) is 3.16. The van der Waals surface area contributed by atoms with E-state index in [1.54, 1.807) is 12.1 Å². The number of hydrogen-bond donors (Lipinski definition) is 1. The number of halogens is 1. The number of amides is 1. The molecule has 1 aliphatic carbocycles. The summed E-state index contributed by atoms with van der Waals surface area (Å²) in [6, 6.07) is 5.92. The average molecular weight is 427 g/mol. The third-order valence-electron chi connectivity index (χ3n) is 5.98. The van der Waals surface area contributed by atoms with Gasteiger partial charge in [0.25, 0.3) is 0 Å². The molecular weight excluding hydrogens is 395 g/mol. The summed E-state index contributed by atoms with van der Waals surface area (Å²) in [6.45, 7) is 10.1. The zero-order valence-corrected chi connectivity index (χ0v) is 18.7. The first-order valence-electron chi connectivity index (χ1n) is 11.0. The van der Waals surface area contributed by atoms with Crippen molar-refractivity contribution < 1.29 is 13.9 Å². The molecule has 1 aliphatic heterocycles. The average Bonchev–Trinajstić information content (AvgIpc) is 2.67. The first kappa shape index (κ1) is 21.7. The minimum Gasteiger partial charge on any atom is -0.372 e. The number of anilines is 1. The van der Waals surface area contributed by atoms with Crippen LogP contribution >= 0.6 is 0 Å². The SMILES string of the molecule is C[C@@H]1CN(c2ncc3c(n2)CC(C)(C)C[C@@H]3NC(=O)Cc2ccc(F)cc2)C[C@H](C)O1. The van der Waals surface area contributed by atoms with E-state index in [2.05, 4.69) is 42.9 Å². The first-order chi connectivity index (χ1) is 14.7. The van der Waals surface area contributed by atoms with E-state index in [1.165, 1.54) is 12.1 Å². The molecule has 0 unspecified atom stereocenters. The molecule has 1 amide bonds. The molecule has 1 fully saturated rings. The predicted molar refractivity (Wildman–Crippen MR) is 117 cm³/mol. The van der Waals surface area contributed by atoms with Crippen molar-refractivity contribution >= 4 is 11.9 Å². The van der Waals surface area contributed by atoms with Crippen molar-refractivity contribution in [3.05, 3.63) is 53.1 Å². The van der Waals surface area contributed by atoms with Crippen LogP contribution in [0.2, 0.25) is 0 Å². The summed E-state index contributed by atoms with van der Waals surface area (Å²) < 4.78 is 19.0. The molecule has 4 rings (SSSR count). The fourth-order valence-electron chi connectivity index (χ4n) is 4.69. The van der Waals surface area contributed by atoms with Gasteiger partial charge in [-0.25, -0.2) is 14.4 Å². The Morgan fingerprint density at radius 1 is 1.23 bits per heavy atom.